The van der Waals surface area contributed by atoms with Crippen molar-refractivity contribution in [1.82, 2.24) is 20.5 Å². The van der Waals surface area contributed by atoms with Crippen LogP contribution < -0.4 is 15.4 Å². The minimum atomic E-state index is -1.22. The molecule has 3 rings (SSSR count). The van der Waals surface area contributed by atoms with Crippen molar-refractivity contribution in [3.63, 3.8) is 0 Å². The predicted octanol–water partition coefficient (Wildman–Crippen LogP) is 3.24. The van der Waals surface area contributed by atoms with Gasteiger partial charge in [0.25, 0.3) is 11.8 Å². The molecule has 11 heteroatoms. The Morgan fingerprint density at radius 3 is 2.63 bits per heavy atom. The Labute approximate surface area is 174 Å². The smallest absolute Gasteiger partial charge is 0.269 e. The second-order valence-electron chi connectivity index (χ2n) is 6.19. The molecule has 1 aromatic carbocycles. The zero-order chi connectivity index (χ0) is 21.8. The minimum Gasteiger partial charge on any atom is -0.496 e. The summed E-state index contributed by atoms with van der Waals surface area (Å²) < 4.78 is 31.8. The van der Waals surface area contributed by atoms with Crippen molar-refractivity contribution in [2.75, 3.05) is 12.4 Å². The van der Waals surface area contributed by atoms with Gasteiger partial charge in [-0.3, -0.25) is 19.7 Å². The molecule has 0 saturated heterocycles. The summed E-state index contributed by atoms with van der Waals surface area (Å²) in [6, 6.07) is 4.40. The number of pyridine rings is 1. The molecule has 3 N–H and O–H groups in total. The monoisotopic (exact) mass is 435 g/mol. The number of hydrogen-bond acceptors (Lipinski definition) is 5. The van der Waals surface area contributed by atoms with Gasteiger partial charge < -0.3 is 15.4 Å². The maximum absolute atomic E-state index is 13.4. The molecule has 0 aliphatic heterocycles. The number of aromatic nitrogens is 3. The Hall–Kier alpha value is -3.53. The summed E-state index contributed by atoms with van der Waals surface area (Å²) in [6.07, 6.45) is 1.60. The van der Waals surface area contributed by atoms with Crippen LogP contribution in [-0.2, 0) is 6.54 Å². The van der Waals surface area contributed by atoms with Crippen LogP contribution in [0.2, 0.25) is 5.02 Å². The third-order valence-corrected chi connectivity index (χ3v) is 4.37. The molecule has 8 nitrogen and oxygen atoms in total. The van der Waals surface area contributed by atoms with Crippen molar-refractivity contribution in [2.24, 2.45) is 0 Å². The molecule has 30 heavy (non-hydrogen) atoms. The fourth-order valence-electron chi connectivity index (χ4n) is 2.54. The maximum Gasteiger partial charge on any atom is 0.269 e. The predicted molar refractivity (Wildman–Crippen MR) is 105 cm³/mol. The van der Waals surface area contributed by atoms with Crippen LogP contribution in [0.3, 0.4) is 0 Å². The number of ether oxygens (including phenoxy) is 1. The van der Waals surface area contributed by atoms with Crippen molar-refractivity contribution in [3.05, 3.63) is 69.6 Å². The Kier molecular flexibility index (Phi) is 6.26. The van der Waals surface area contributed by atoms with Gasteiger partial charge in [0.15, 0.2) is 17.5 Å². The number of carbonyl (C=O) groups is 2. The zero-order valence-corrected chi connectivity index (χ0v) is 16.6. The van der Waals surface area contributed by atoms with Crippen LogP contribution >= 0.6 is 11.6 Å². The van der Waals surface area contributed by atoms with E-state index in [0.717, 1.165) is 5.69 Å². The van der Waals surface area contributed by atoms with Gasteiger partial charge in [-0.05, 0) is 19.1 Å². The molecule has 2 heterocycles. The van der Waals surface area contributed by atoms with E-state index < -0.39 is 23.4 Å². The SMILES string of the molecule is COc1cc(C)ncc1CNC(=O)c1cc(NC(=O)c2cc(F)c(F)cc2Cl)n[nH]1. The summed E-state index contributed by atoms with van der Waals surface area (Å²) in [7, 11) is 1.52. The van der Waals surface area contributed by atoms with Gasteiger partial charge in [0, 0.05) is 36.1 Å². The average molecular weight is 436 g/mol. The van der Waals surface area contributed by atoms with Crippen molar-refractivity contribution < 1.29 is 23.1 Å². The van der Waals surface area contributed by atoms with Gasteiger partial charge in [-0.2, -0.15) is 5.10 Å². The topological polar surface area (TPSA) is 109 Å². The molecule has 156 valence electrons. The van der Waals surface area contributed by atoms with Crippen LogP contribution in [0.5, 0.6) is 5.75 Å². The van der Waals surface area contributed by atoms with Gasteiger partial charge in [0.05, 0.1) is 17.7 Å². The number of amides is 2. The Balaban J connectivity index is 1.65. The zero-order valence-electron chi connectivity index (χ0n) is 15.8. The van der Waals surface area contributed by atoms with Gasteiger partial charge >= 0.3 is 0 Å². The number of hydrogen-bond donors (Lipinski definition) is 3. The molecule has 3 aromatic rings. The maximum atomic E-state index is 13.4. The standard InChI is InChI=1S/C19H16ClF2N5O3/c1-9-3-16(30-2)10(7-23-9)8-24-19(29)15-6-17(27-26-15)25-18(28)11-4-13(21)14(22)5-12(11)20/h3-7H,8H2,1-2H3,(H,24,29)(H2,25,26,27,28). The number of anilines is 1. The first kappa shape index (κ1) is 21.2. The first-order valence-electron chi connectivity index (χ1n) is 8.57. The normalized spacial score (nSPS) is 10.6. The Morgan fingerprint density at radius 1 is 1.17 bits per heavy atom. The number of halogens is 3. The molecular weight excluding hydrogens is 420 g/mol. The summed E-state index contributed by atoms with van der Waals surface area (Å²) in [5.74, 6) is -3.10. The van der Waals surface area contributed by atoms with Crippen molar-refractivity contribution in [3.8, 4) is 5.75 Å². The van der Waals surface area contributed by atoms with Crippen LogP contribution in [0.25, 0.3) is 0 Å². The van der Waals surface area contributed by atoms with Crippen LogP contribution in [0.15, 0.2) is 30.5 Å². The molecule has 0 fully saturated rings. The van der Waals surface area contributed by atoms with Crippen molar-refractivity contribution in [2.45, 2.75) is 13.5 Å². The van der Waals surface area contributed by atoms with Crippen LogP contribution in [0.4, 0.5) is 14.6 Å². The first-order chi connectivity index (χ1) is 14.3. The third kappa shape index (κ3) is 4.71. The first-order valence-corrected chi connectivity index (χ1v) is 8.95. The van der Waals surface area contributed by atoms with Gasteiger partial charge in [0.1, 0.15) is 11.4 Å². The number of benzene rings is 1. The molecule has 0 aliphatic carbocycles. The van der Waals surface area contributed by atoms with E-state index in [1.54, 1.807) is 12.3 Å². The van der Waals surface area contributed by atoms with Gasteiger partial charge in [0.2, 0.25) is 0 Å². The number of nitrogens with zero attached hydrogens (tertiary/aromatic N) is 2. The highest BCUT2D eigenvalue weighted by molar-refractivity contribution is 6.34. The Bertz CT molecular complexity index is 1120. The molecule has 0 radical (unpaired) electrons. The van der Waals surface area contributed by atoms with E-state index in [0.29, 0.717) is 23.4 Å². The van der Waals surface area contributed by atoms with E-state index in [1.807, 2.05) is 6.92 Å². The number of rotatable bonds is 6. The second kappa shape index (κ2) is 8.87. The lowest BCUT2D eigenvalue weighted by Gasteiger charge is -2.09. The largest absolute Gasteiger partial charge is 0.496 e. The number of H-pyrrole nitrogens is 1. The molecule has 2 aromatic heterocycles. The summed E-state index contributed by atoms with van der Waals surface area (Å²) in [5, 5.41) is 11.1. The highest BCUT2D eigenvalue weighted by Crippen LogP contribution is 2.21. The van der Waals surface area contributed by atoms with E-state index in [9.17, 15) is 18.4 Å². The quantitative estimate of drug-likeness (QED) is 0.515. The summed E-state index contributed by atoms with van der Waals surface area (Å²) in [4.78, 5) is 28.7. The molecule has 0 atom stereocenters. The highest BCUT2D eigenvalue weighted by Gasteiger charge is 2.17. The van der Waals surface area contributed by atoms with Crippen molar-refractivity contribution in [1.29, 1.82) is 0 Å². The summed E-state index contributed by atoms with van der Waals surface area (Å²) in [5.41, 5.74) is 1.25. The van der Waals surface area contributed by atoms with Gasteiger partial charge in [-0.15, -0.1) is 0 Å². The van der Waals surface area contributed by atoms with Gasteiger partial charge in [-0.1, -0.05) is 11.6 Å². The Morgan fingerprint density at radius 2 is 1.90 bits per heavy atom. The number of aromatic amines is 1. The summed E-state index contributed by atoms with van der Waals surface area (Å²) in [6.45, 7) is 1.97. The lowest BCUT2D eigenvalue weighted by molar-refractivity contribution is 0.0944. The van der Waals surface area contributed by atoms with E-state index in [1.165, 1.54) is 13.2 Å². The molecule has 0 bridgehead atoms. The fraction of sp³-hybridized carbons (Fsp3) is 0.158. The lowest BCUT2D eigenvalue weighted by atomic mass is 10.2. The van der Waals surface area contributed by atoms with Crippen LogP contribution in [0.1, 0.15) is 32.1 Å². The summed E-state index contributed by atoms with van der Waals surface area (Å²) >= 11 is 5.78. The van der Waals surface area contributed by atoms with Crippen molar-refractivity contribution >= 4 is 29.2 Å². The second-order valence-corrected chi connectivity index (χ2v) is 6.59. The molecule has 2 amide bonds. The van der Waals surface area contributed by atoms with E-state index in [-0.39, 0.29) is 28.6 Å². The van der Waals surface area contributed by atoms with Gasteiger partial charge in [-0.25, -0.2) is 8.78 Å². The molecular formula is C19H16ClF2N5O3. The van der Waals surface area contributed by atoms with E-state index in [2.05, 4.69) is 25.8 Å². The minimum absolute atomic E-state index is 0.000493. The number of methoxy groups -OCH3 is 1. The average Bonchev–Trinajstić information content (AvgIpc) is 3.17. The third-order valence-electron chi connectivity index (χ3n) is 4.06. The lowest BCUT2D eigenvalue weighted by Crippen LogP contribution is -2.23. The molecule has 0 unspecified atom stereocenters. The molecule has 0 aliphatic rings. The molecule has 0 spiro atoms. The number of carbonyl (C=O) groups excluding carboxylic acids is 2. The van der Waals surface area contributed by atoms with E-state index >= 15 is 0 Å². The number of aryl methyl sites for hydroxylation is 1. The van der Waals surface area contributed by atoms with E-state index in [4.69, 9.17) is 16.3 Å². The van der Waals surface area contributed by atoms with Crippen LogP contribution in [-0.4, -0.2) is 34.1 Å². The molecule has 0 saturated carbocycles. The fourth-order valence-corrected chi connectivity index (χ4v) is 2.78. The number of nitrogens with one attached hydrogen (secondary N) is 3. The van der Waals surface area contributed by atoms with Crippen LogP contribution in [0, 0.1) is 18.6 Å². The highest BCUT2D eigenvalue weighted by atomic mass is 35.5.